The Hall–Kier alpha value is -0.410. The first-order chi connectivity index (χ1) is 4.63. The van der Waals surface area contributed by atoms with Gasteiger partial charge in [-0.05, 0) is 6.72 Å². The third-order valence-corrected chi connectivity index (χ3v) is 1.32. The van der Waals surface area contributed by atoms with E-state index in [2.05, 4.69) is 16.7 Å². The summed E-state index contributed by atoms with van der Waals surface area (Å²) in [7, 11) is 1.34. The normalized spacial score (nSPS) is 14.6. The van der Waals surface area contributed by atoms with E-state index in [9.17, 15) is 4.39 Å². The smallest absolute Gasteiger partial charge is 0.197 e. The highest BCUT2D eigenvalue weighted by Crippen LogP contribution is 2.15. The maximum Gasteiger partial charge on any atom is 0.197 e. The molecule has 0 N–H and O–H groups in total. The molecule has 0 unspecified atom stereocenters. The summed E-state index contributed by atoms with van der Waals surface area (Å²) in [4.78, 5) is 6.45. The summed E-state index contributed by atoms with van der Waals surface area (Å²) in [5.74, 6) is -0.860. The fourth-order valence-corrected chi connectivity index (χ4v) is 0.480. The maximum absolute atomic E-state index is 12.5. The Morgan fingerprint density at radius 2 is 2.00 bits per heavy atom. The standard InChI is InChI=1S/C5H5Cl2FN2/c1-9-4(6)3(8)5(7)10-2/h1H2,2H3/b4-3+,10-5?. The first-order valence-corrected chi connectivity index (χ1v) is 3.03. The predicted octanol–water partition coefficient (Wildman–Crippen LogP) is 2.33. The van der Waals surface area contributed by atoms with Gasteiger partial charge in [0.1, 0.15) is 0 Å². The summed E-state index contributed by atoms with van der Waals surface area (Å²) >= 11 is 10.4. The lowest BCUT2D eigenvalue weighted by Gasteiger charge is -1.91. The van der Waals surface area contributed by atoms with Gasteiger partial charge in [-0.1, -0.05) is 23.2 Å². The van der Waals surface area contributed by atoms with E-state index in [4.69, 9.17) is 23.2 Å². The van der Waals surface area contributed by atoms with Crippen molar-refractivity contribution >= 4 is 35.1 Å². The first kappa shape index (κ1) is 9.59. The van der Waals surface area contributed by atoms with Crippen LogP contribution in [0.2, 0.25) is 0 Å². The van der Waals surface area contributed by atoms with Crippen LogP contribution in [0.5, 0.6) is 0 Å². The van der Waals surface area contributed by atoms with Crippen molar-refractivity contribution in [1.29, 1.82) is 0 Å². The summed E-state index contributed by atoms with van der Waals surface area (Å²) < 4.78 is 12.5. The molecular formula is C5H5Cl2FN2. The molecule has 0 aromatic rings. The van der Waals surface area contributed by atoms with E-state index in [0.717, 1.165) is 0 Å². The molecule has 0 amide bonds. The van der Waals surface area contributed by atoms with E-state index in [1.807, 2.05) is 0 Å². The van der Waals surface area contributed by atoms with Crippen molar-refractivity contribution in [2.24, 2.45) is 9.98 Å². The van der Waals surface area contributed by atoms with Crippen molar-refractivity contribution in [3.63, 3.8) is 0 Å². The van der Waals surface area contributed by atoms with Crippen molar-refractivity contribution in [3.05, 3.63) is 11.0 Å². The van der Waals surface area contributed by atoms with Gasteiger partial charge in [0.05, 0.1) is 0 Å². The van der Waals surface area contributed by atoms with E-state index in [1.54, 1.807) is 0 Å². The van der Waals surface area contributed by atoms with E-state index >= 15 is 0 Å². The summed E-state index contributed by atoms with van der Waals surface area (Å²) in [6, 6.07) is 0. The van der Waals surface area contributed by atoms with Gasteiger partial charge in [0.2, 0.25) is 0 Å². The maximum atomic E-state index is 12.5. The van der Waals surface area contributed by atoms with Gasteiger partial charge in [-0.25, -0.2) is 9.38 Å². The topological polar surface area (TPSA) is 24.7 Å². The van der Waals surface area contributed by atoms with Crippen molar-refractivity contribution in [2.45, 2.75) is 0 Å². The Labute approximate surface area is 68.1 Å². The second kappa shape index (κ2) is 4.41. The van der Waals surface area contributed by atoms with Crippen molar-refractivity contribution in [2.75, 3.05) is 7.05 Å². The average Bonchev–Trinajstić information content (AvgIpc) is 2.00. The van der Waals surface area contributed by atoms with Crippen molar-refractivity contribution < 1.29 is 4.39 Å². The molecule has 5 heteroatoms. The summed E-state index contributed by atoms with van der Waals surface area (Å²) in [6.45, 7) is 3.00. The number of rotatable bonds is 2. The average molecular weight is 183 g/mol. The third kappa shape index (κ3) is 2.45. The van der Waals surface area contributed by atoms with Gasteiger partial charge in [-0.15, -0.1) is 0 Å². The summed E-state index contributed by atoms with van der Waals surface area (Å²) in [5.41, 5.74) is 0. The largest absolute Gasteiger partial charge is 0.274 e. The highest BCUT2D eigenvalue weighted by molar-refractivity contribution is 6.69. The van der Waals surface area contributed by atoms with Crippen LogP contribution in [0.4, 0.5) is 4.39 Å². The minimum Gasteiger partial charge on any atom is -0.274 e. The molecule has 0 radical (unpaired) electrons. The fraction of sp³-hybridized carbons (Fsp3) is 0.200. The molecule has 0 aliphatic carbocycles. The van der Waals surface area contributed by atoms with Gasteiger partial charge in [0.25, 0.3) is 0 Å². The van der Waals surface area contributed by atoms with Crippen molar-refractivity contribution in [1.82, 2.24) is 0 Å². The molecule has 2 nitrogen and oxygen atoms in total. The Bertz CT molecular complexity index is 198. The van der Waals surface area contributed by atoms with Crippen LogP contribution in [0, 0.1) is 0 Å². The van der Waals surface area contributed by atoms with Crippen LogP contribution >= 0.6 is 23.2 Å². The van der Waals surface area contributed by atoms with Crippen LogP contribution in [-0.2, 0) is 0 Å². The molecular weight excluding hydrogens is 178 g/mol. The number of allylic oxidation sites excluding steroid dienone is 1. The number of hydrogen-bond acceptors (Lipinski definition) is 2. The second-order valence-electron chi connectivity index (χ2n) is 1.28. The van der Waals surface area contributed by atoms with E-state index in [-0.39, 0.29) is 10.3 Å². The minimum atomic E-state index is -0.860. The Balaban J connectivity index is 4.63. The van der Waals surface area contributed by atoms with E-state index in [1.165, 1.54) is 7.05 Å². The number of halogens is 3. The van der Waals surface area contributed by atoms with Gasteiger partial charge in [-0.2, -0.15) is 0 Å². The Morgan fingerprint density at radius 3 is 2.30 bits per heavy atom. The van der Waals surface area contributed by atoms with Crippen LogP contribution in [0.3, 0.4) is 0 Å². The number of hydrogen-bond donors (Lipinski definition) is 0. The first-order valence-electron chi connectivity index (χ1n) is 2.28. The molecule has 0 saturated carbocycles. The Kier molecular flexibility index (Phi) is 4.23. The molecule has 0 rings (SSSR count). The lowest BCUT2D eigenvalue weighted by atomic mass is 10.6. The summed E-state index contributed by atoms with van der Waals surface area (Å²) in [6.07, 6.45) is 0. The molecule has 0 aromatic heterocycles. The second-order valence-corrected chi connectivity index (χ2v) is 1.99. The summed E-state index contributed by atoms with van der Waals surface area (Å²) in [5, 5.41) is -0.687. The zero-order chi connectivity index (χ0) is 8.15. The zero-order valence-corrected chi connectivity index (χ0v) is 6.75. The molecule has 0 atom stereocenters. The highest BCUT2D eigenvalue weighted by Gasteiger charge is 2.06. The van der Waals surface area contributed by atoms with Crippen LogP contribution in [0.25, 0.3) is 0 Å². The van der Waals surface area contributed by atoms with Crippen LogP contribution in [0.15, 0.2) is 21.0 Å². The fourth-order valence-electron chi connectivity index (χ4n) is 0.253. The molecule has 0 bridgehead atoms. The van der Waals surface area contributed by atoms with Gasteiger partial charge >= 0.3 is 0 Å². The predicted molar refractivity (Wildman–Crippen MR) is 42.7 cm³/mol. The van der Waals surface area contributed by atoms with Crippen LogP contribution in [0.1, 0.15) is 0 Å². The van der Waals surface area contributed by atoms with Gasteiger partial charge in [0.15, 0.2) is 16.2 Å². The molecule has 10 heavy (non-hydrogen) atoms. The van der Waals surface area contributed by atoms with Gasteiger partial charge in [-0.3, -0.25) is 4.99 Å². The van der Waals surface area contributed by atoms with E-state index in [0.29, 0.717) is 0 Å². The molecule has 0 saturated heterocycles. The number of nitrogens with zero attached hydrogens (tertiary/aromatic N) is 2. The van der Waals surface area contributed by atoms with Gasteiger partial charge in [0, 0.05) is 7.05 Å². The number of aliphatic imine (C=N–C) groups is 2. The van der Waals surface area contributed by atoms with Crippen molar-refractivity contribution in [3.8, 4) is 0 Å². The van der Waals surface area contributed by atoms with E-state index < -0.39 is 5.83 Å². The molecule has 0 heterocycles. The lowest BCUT2D eigenvalue weighted by molar-refractivity contribution is 0.678. The molecule has 0 fully saturated rings. The van der Waals surface area contributed by atoms with Crippen LogP contribution in [-0.4, -0.2) is 18.9 Å². The quantitative estimate of drug-likeness (QED) is 0.463. The third-order valence-electron chi connectivity index (χ3n) is 0.697. The molecule has 0 aromatic carbocycles. The Morgan fingerprint density at radius 1 is 1.50 bits per heavy atom. The molecule has 0 aliphatic rings. The molecule has 56 valence electrons. The highest BCUT2D eigenvalue weighted by atomic mass is 35.5. The van der Waals surface area contributed by atoms with Gasteiger partial charge < -0.3 is 0 Å². The molecule has 0 aliphatic heterocycles. The molecule has 0 spiro atoms. The minimum absolute atomic E-state index is 0.308. The zero-order valence-electron chi connectivity index (χ0n) is 5.24. The lowest BCUT2D eigenvalue weighted by Crippen LogP contribution is -1.88. The SMILES string of the molecule is C=N/C(Cl)=C(/F)C(Cl)=NC. The monoisotopic (exact) mass is 182 g/mol. The van der Waals surface area contributed by atoms with Crippen LogP contribution < -0.4 is 0 Å².